The summed E-state index contributed by atoms with van der Waals surface area (Å²) in [5.74, 6) is 0.112. The van der Waals surface area contributed by atoms with Gasteiger partial charge in [0.25, 0.3) is 0 Å². The average molecular weight is 250 g/mol. The lowest BCUT2D eigenvalue weighted by atomic mass is 9.95. The maximum atomic E-state index is 11.9. The van der Waals surface area contributed by atoms with E-state index in [9.17, 15) is 4.79 Å². The molecular weight excluding hydrogens is 232 g/mol. The molecule has 0 aromatic carbocycles. The first-order chi connectivity index (χ1) is 8.29. The monoisotopic (exact) mass is 250 g/mol. The Morgan fingerprint density at radius 3 is 3.24 bits per heavy atom. The fraction of sp³-hybridized carbons (Fsp3) is 0.538. The number of aromatic nitrogens is 1. The fourth-order valence-electron chi connectivity index (χ4n) is 1.96. The van der Waals surface area contributed by atoms with Gasteiger partial charge in [0.2, 0.25) is 5.91 Å². The Morgan fingerprint density at radius 2 is 2.53 bits per heavy atom. The summed E-state index contributed by atoms with van der Waals surface area (Å²) >= 11 is 1.58. The van der Waals surface area contributed by atoms with E-state index in [0.717, 1.165) is 37.2 Å². The molecule has 0 aliphatic heterocycles. The zero-order chi connectivity index (χ0) is 12.1. The average Bonchev–Trinajstić information content (AvgIpc) is 2.78. The largest absolute Gasteiger partial charge is 0.301 e. The summed E-state index contributed by atoms with van der Waals surface area (Å²) in [6.07, 6.45) is 11.3. The minimum Gasteiger partial charge on any atom is -0.301 e. The maximum absolute atomic E-state index is 11.9. The number of rotatable bonds is 4. The zero-order valence-electron chi connectivity index (χ0n) is 10.1. The predicted molar refractivity (Wildman–Crippen MR) is 71.2 cm³/mol. The van der Waals surface area contributed by atoms with Gasteiger partial charge in [0.1, 0.15) is 0 Å². The van der Waals surface area contributed by atoms with Crippen molar-refractivity contribution in [3.63, 3.8) is 0 Å². The van der Waals surface area contributed by atoms with E-state index in [2.05, 4.69) is 23.3 Å². The summed E-state index contributed by atoms with van der Waals surface area (Å²) in [6.45, 7) is 2.14. The Hall–Kier alpha value is -1.16. The molecule has 1 unspecified atom stereocenters. The fourth-order valence-corrected chi connectivity index (χ4v) is 2.87. The molecule has 1 aromatic rings. The predicted octanol–water partition coefficient (Wildman–Crippen LogP) is 3.39. The van der Waals surface area contributed by atoms with Crippen LogP contribution < -0.4 is 5.32 Å². The highest BCUT2D eigenvalue weighted by atomic mass is 32.1. The van der Waals surface area contributed by atoms with Crippen LogP contribution in [0.2, 0.25) is 0 Å². The molecule has 92 valence electrons. The normalized spacial score (nSPS) is 19.2. The number of nitrogens with zero attached hydrogens (tertiary/aromatic N) is 1. The number of carbonyl (C=O) groups excluding carboxylic acids is 1. The van der Waals surface area contributed by atoms with Gasteiger partial charge in [-0.05, 0) is 25.7 Å². The number of aryl methyl sites for hydroxylation is 1. The molecule has 1 N–H and O–H groups in total. The van der Waals surface area contributed by atoms with E-state index in [0.29, 0.717) is 0 Å². The zero-order valence-corrected chi connectivity index (χ0v) is 10.9. The van der Waals surface area contributed by atoms with Crippen LogP contribution in [0.5, 0.6) is 0 Å². The van der Waals surface area contributed by atoms with Crippen molar-refractivity contribution in [2.45, 2.75) is 39.0 Å². The molecule has 0 bridgehead atoms. The number of nitrogens with one attached hydrogen (secondary N) is 1. The van der Waals surface area contributed by atoms with Crippen LogP contribution in [-0.2, 0) is 11.2 Å². The van der Waals surface area contributed by atoms with Gasteiger partial charge in [-0.2, -0.15) is 0 Å². The van der Waals surface area contributed by atoms with Gasteiger partial charge in [0.15, 0.2) is 5.13 Å². The highest BCUT2D eigenvalue weighted by molar-refractivity contribution is 7.15. The molecule has 1 aliphatic carbocycles. The van der Waals surface area contributed by atoms with Crippen LogP contribution in [0.1, 0.15) is 37.5 Å². The molecule has 1 aromatic heterocycles. The number of hydrogen-bond donors (Lipinski definition) is 1. The van der Waals surface area contributed by atoms with Crippen molar-refractivity contribution >= 4 is 22.4 Å². The molecule has 0 saturated carbocycles. The second-order valence-electron chi connectivity index (χ2n) is 4.34. The van der Waals surface area contributed by atoms with Gasteiger partial charge in [0, 0.05) is 11.1 Å². The summed E-state index contributed by atoms with van der Waals surface area (Å²) in [7, 11) is 0. The van der Waals surface area contributed by atoms with Crippen molar-refractivity contribution in [3.8, 4) is 0 Å². The molecule has 3 nitrogen and oxygen atoms in total. The van der Waals surface area contributed by atoms with Gasteiger partial charge >= 0.3 is 0 Å². The summed E-state index contributed by atoms with van der Waals surface area (Å²) in [6, 6.07) is 0. The lowest BCUT2D eigenvalue weighted by molar-refractivity contribution is -0.118. The standard InChI is InChI=1S/C13H18N2OS/c1-2-6-11-9-14-13(17-11)15-12(16)10-7-4-3-5-8-10/h4,7,9-10H,2-3,5-6,8H2,1H3,(H,14,15,16). The van der Waals surface area contributed by atoms with Crippen LogP contribution in [0.25, 0.3) is 0 Å². The molecule has 17 heavy (non-hydrogen) atoms. The number of amides is 1. The third kappa shape index (κ3) is 3.40. The third-order valence-electron chi connectivity index (χ3n) is 2.87. The van der Waals surface area contributed by atoms with E-state index >= 15 is 0 Å². The Labute approximate surface area is 106 Å². The molecule has 0 spiro atoms. The molecule has 1 heterocycles. The molecule has 1 atom stereocenters. The van der Waals surface area contributed by atoms with Gasteiger partial charge in [0.05, 0.1) is 5.92 Å². The molecule has 4 heteroatoms. The van der Waals surface area contributed by atoms with Crippen LogP contribution in [0.4, 0.5) is 5.13 Å². The third-order valence-corrected chi connectivity index (χ3v) is 3.84. The van der Waals surface area contributed by atoms with Gasteiger partial charge in [-0.1, -0.05) is 25.5 Å². The van der Waals surface area contributed by atoms with Crippen LogP contribution >= 0.6 is 11.3 Å². The van der Waals surface area contributed by atoms with Crippen molar-refractivity contribution < 1.29 is 4.79 Å². The topological polar surface area (TPSA) is 42.0 Å². The first-order valence-corrected chi connectivity index (χ1v) is 7.03. The summed E-state index contributed by atoms with van der Waals surface area (Å²) in [5.41, 5.74) is 0. The highest BCUT2D eigenvalue weighted by Gasteiger charge is 2.18. The SMILES string of the molecule is CCCc1cnc(NC(=O)C2C=CCCC2)s1. The van der Waals surface area contributed by atoms with Crippen LogP contribution in [0.15, 0.2) is 18.3 Å². The molecule has 0 fully saturated rings. The Bertz CT molecular complexity index is 411. The van der Waals surface area contributed by atoms with Crippen molar-refractivity contribution in [2.24, 2.45) is 5.92 Å². The summed E-state index contributed by atoms with van der Waals surface area (Å²) in [5, 5.41) is 3.64. The van der Waals surface area contributed by atoms with E-state index in [1.54, 1.807) is 11.3 Å². The first kappa shape index (κ1) is 12.3. The molecule has 2 rings (SSSR count). The number of carbonyl (C=O) groups is 1. The molecule has 0 radical (unpaired) electrons. The number of anilines is 1. The number of hydrogen-bond acceptors (Lipinski definition) is 3. The Balaban J connectivity index is 1.92. The summed E-state index contributed by atoms with van der Waals surface area (Å²) < 4.78 is 0. The maximum Gasteiger partial charge on any atom is 0.233 e. The van der Waals surface area contributed by atoms with Crippen LogP contribution in [0, 0.1) is 5.92 Å². The van der Waals surface area contributed by atoms with Crippen molar-refractivity contribution in [3.05, 3.63) is 23.2 Å². The van der Waals surface area contributed by atoms with E-state index in [1.165, 1.54) is 4.88 Å². The molecule has 1 amide bonds. The number of allylic oxidation sites excluding steroid dienone is 1. The van der Waals surface area contributed by atoms with Crippen LogP contribution in [-0.4, -0.2) is 10.9 Å². The van der Waals surface area contributed by atoms with E-state index in [4.69, 9.17) is 0 Å². The van der Waals surface area contributed by atoms with E-state index < -0.39 is 0 Å². The number of thiazole rings is 1. The second kappa shape index (κ2) is 5.96. The van der Waals surface area contributed by atoms with Crippen LogP contribution in [0.3, 0.4) is 0 Å². The molecule has 0 saturated heterocycles. The quantitative estimate of drug-likeness (QED) is 0.832. The lowest BCUT2D eigenvalue weighted by Gasteiger charge is -2.14. The van der Waals surface area contributed by atoms with Crippen molar-refractivity contribution in [1.29, 1.82) is 0 Å². The van der Waals surface area contributed by atoms with Gasteiger partial charge < -0.3 is 5.32 Å². The van der Waals surface area contributed by atoms with Crippen molar-refractivity contribution in [2.75, 3.05) is 5.32 Å². The molecular formula is C13H18N2OS. The first-order valence-electron chi connectivity index (χ1n) is 6.22. The summed E-state index contributed by atoms with van der Waals surface area (Å²) in [4.78, 5) is 17.4. The van der Waals surface area contributed by atoms with Gasteiger partial charge in [-0.3, -0.25) is 4.79 Å². The van der Waals surface area contributed by atoms with E-state index in [1.807, 2.05) is 12.3 Å². The van der Waals surface area contributed by atoms with Crippen molar-refractivity contribution in [1.82, 2.24) is 4.98 Å². The van der Waals surface area contributed by atoms with Gasteiger partial charge in [-0.25, -0.2) is 4.98 Å². The Morgan fingerprint density at radius 1 is 1.65 bits per heavy atom. The smallest absolute Gasteiger partial charge is 0.233 e. The minimum atomic E-state index is 0.0299. The highest BCUT2D eigenvalue weighted by Crippen LogP contribution is 2.22. The lowest BCUT2D eigenvalue weighted by Crippen LogP contribution is -2.22. The van der Waals surface area contributed by atoms with Gasteiger partial charge in [-0.15, -0.1) is 11.3 Å². The minimum absolute atomic E-state index is 0.0299. The second-order valence-corrected chi connectivity index (χ2v) is 5.45. The molecule has 1 aliphatic rings. The van der Waals surface area contributed by atoms with E-state index in [-0.39, 0.29) is 11.8 Å². The Kier molecular flexibility index (Phi) is 4.31.